The van der Waals surface area contributed by atoms with Crippen LogP contribution in [0.5, 0.6) is 0 Å². The van der Waals surface area contributed by atoms with Crippen LogP contribution in [0.1, 0.15) is 12.5 Å². The summed E-state index contributed by atoms with van der Waals surface area (Å²) in [7, 11) is 0. The number of anilines is 1. The molecule has 24 heavy (non-hydrogen) atoms. The topological polar surface area (TPSA) is 54.9 Å². The quantitative estimate of drug-likeness (QED) is 0.709. The number of rotatable bonds is 6. The summed E-state index contributed by atoms with van der Waals surface area (Å²) < 4.78 is 0. The van der Waals surface area contributed by atoms with Crippen LogP contribution in [0.25, 0.3) is 10.6 Å². The van der Waals surface area contributed by atoms with Crippen molar-refractivity contribution in [2.24, 2.45) is 0 Å². The molecule has 6 heteroatoms. The van der Waals surface area contributed by atoms with Crippen molar-refractivity contribution in [1.82, 2.24) is 10.2 Å². The highest BCUT2D eigenvalue weighted by Crippen LogP contribution is 2.26. The normalized spacial score (nSPS) is 11.9. The standard InChI is InChI=1S/C18H17N3OS2/c1-13(23-12-14-8-4-2-5-9-14)16(22)19-18-21-20-17(24-18)15-10-6-3-7-11-15/h2-11,13H,12H2,1H3,(H,19,21,22)/t13-/m0/s1. The first-order chi connectivity index (χ1) is 11.7. The molecule has 0 unspecified atom stereocenters. The van der Waals surface area contributed by atoms with Gasteiger partial charge >= 0.3 is 0 Å². The highest BCUT2D eigenvalue weighted by molar-refractivity contribution is 7.99. The van der Waals surface area contributed by atoms with Crippen LogP contribution in [0, 0.1) is 0 Å². The molecule has 0 aliphatic heterocycles. The van der Waals surface area contributed by atoms with Crippen molar-refractivity contribution in [2.45, 2.75) is 17.9 Å². The van der Waals surface area contributed by atoms with Gasteiger partial charge in [0, 0.05) is 11.3 Å². The van der Waals surface area contributed by atoms with Gasteiger partial charge in [-0.05, 0) is 12.5 Å². The summed E-state index contributed by atoms with van der Waals surface area (Å²) in [4.78, 5) is 12.3. The van der Waals surface area contributed by atoms with Gasteiger partial charge in [-0.3, -0.25) is 10.1 Å². The second-order valence-corrected chi connectivity index (χ2v) is 7.51. The number of nitrogens with one attached hydrogen (secondary N) is 1. The maximum atomic E-state index is 12.3. The fourth-order valence-corrected chi connectivity index (χ4v) is 3.65. The Kier molecular flexibility index (Phi) is 5.61. The first-order valence-corrected chi connectivity index (χ1v) is 9.44. The Morgan fingerprint density at radius 3 is 2.46 bits per heavy atom. The van der Waals surface area contributed by atoms with E-state index in [1.165, 1.54) is 16.9 Å². The number of nitrogens with zero attached hydrogens (tertiary/aromatic N) is 2. The Labute approximate surface area is 149 Å². The zero-order valence-electron chi connectivity index (χ0n) is 13.2. The number of aromatic nitrogens is 2. The minimum atomic E-state index is -0.158. The molecule has 1 heterocycles. The van der Waals surface area contributed by atoms with E-state index >= 15 is 0 Å². The third-order valence-corrected chi connectivity index (χ3v) is 5.49. The van der Waals surface area contributed by atoms with Crippen LogP contribution in [-0.2, 0) is 10.5 Å². The number of carbonyl (C=O) groups is 1. The molecule has 122 valence electrons. The number of benzene rings is 2. The Bertz CT molecular complexity index is 790. The van der Waals surface area contributed by atoms with Gasteiger partial charge < -0.3 is 0 Å². The molecule has 0 spiro atoms. The summed E-state index contributed by atoms with van der Waals surface area (Å²) in [5.74, 6) is 0.757. The minimum Gasteiger partial charge on any atom is -0.300 e. The van der Waals surface area contributed by atoms with Gasteiger partial charge in [-0.1, -0.05) is 72.0 Å². The van der Waals surface area contributed by atoms with Crippen LogP contribution in [-0.4, -0.2) is 21.4 Å². The number of hydrogen-bond donors (Lipinski definition) is 1. The van der Waals surface area contributed by atoms with Crippen molar-refractivity contribution in [3.63, 3.8) is 0 Å². The van der Waals surface area contributed by atoms with Crippen LogP contribution in [0.3, 0.4) is 0 Å². The van der Waals surface area contributed by atoms with Crippen LogP contribution in [0.2, 0.25) is 0 Å². The number of hydrogen-bond acceptors (Lipinski definition) is 5. The maximum Gasteiger partial charge on any atom is 0.239 e. The van der Waals surface area contributed by atoms with Crippen LogP contribution in [0.15, 0.2) is 60.7 Å². The molecular formula is C18H17N3OS2. The summed E-state index contributed by atoms with van der Waals surface area (Å²) in [5, 5.41) is 12.2. The molecule has 0 radical (unpaired) electrons. The lowest BCUT2D eigenvalue weighted by Gasteiger charge is -2.10. The molecule has 0 fully saturated rings. The zero-order chi connectivity index (χ0) is 16.8. The van der Waals surface area contributed by atoms with Crippen molar-refractivity contribution in [2.75, 3.05) is 5.32 Å². The molecule has 0 saturated carbocycles. The fraction of sp³-hybridized carbons (Fsp3) is 0.167. The molecule has 0 aliphatic carbocycles. The molecule has 0 bridgehead atoms. The van der Waals surface area contributed by atoms with E-state index in [4.69, 9.17) is 0 Å². The van der Waals surface area contributed by atoms with E-state index < -0.39 is 0 Å². The first kappa shape index (κ1) is 16.7. The van der Waals surface area contributed by atoms with Crippen LogP contribution < -0.4 is 5.32 Å². The second kappa shape index (κ2) is 8.08. The Balaban J connectivity index is 1.55. The summed E-state index contributed by atoms with van der Waals surface area (Å²) in [6, 6.07) is 20.0. The van der Waals surface area contributed by atoms with Crippen molar-refractivity contribution >= 4 is 34.1 Å². The summed E-state index contributed by atoms with van der Waals surface area (Å²) in [6.07, 6.45) is 0. The number of thioether (sulfide) groups is 1. The molecule has 1 atom stereocenters. The van der Waals surface area contributed by atoms with Gasteiger partial charge in [0.05, 0.1) is 5.25 Å². The monoisotopic (exact) mass is 355 g/mol. The number of amides is 1. The molecule has 1 amide bonds. The molecule has 2 aromatic carbocycles. The highest BCUT2D eigenvalue weighted by atomic mass is 32.2. The lowest BCUT2D eigenvalue weighted by molar-refractivity contribution is -0.115. The van der Waals surface area contributed by atoms with Gasteiger partial charge in [0.2, 0.25) is 11.0 Å². The van der Waals surface area contributed by atoms with E-state index in [1.807, 2.05) is 55.5 Å². The lowest BCUT2D eigenvalue weighted by atomic mass is 10.2. The largest absolute Gasteiger partial charge is 0.300 e. The molecule has 0 saturated heterocycles. The first-order valence-electron chi connectivity index (χ1n) is 7.57. The molecule has 3 rings (SSSR count). The number of carbonyl (C=O) groups excluding carboxylic acids is 1. The average Bonchev–Trinajstić information content (AvgIpc) is 3.10. The summed E-state index contributed by atoms with van der Waals surface area (Å²) >= 11 is 2.99. The van der Waals surface area contributed by atoms with E-state index in [0.29, 0.717) is 5.13 Å². The van der Waals surface area contributed by atoms with Gasteiger partial charge in [-0.2, -0.15) is 0 Å². The van der Waals surface area contributed by atoms with Crippen LogP contribution in [0.4, 0.5) is 5.13 Å². The average molecular weight is 355 g/mol. The second-order valence-electron chi connectivity index (χ2n) is 5.21. The molecule has 4 nitrogen and oxygen atoms in total. The van der Waals surface area contributed by atoms with E-state index in [2.05, 4.69) is 27.6 Å². The van der Waals surface area contributed by atoms with Gasteiger partial charge in [0.1, 0.15) is 5.01 Å². The molecule has 1 aromatic heterocycles. The van der Waals surface area contributed by atoms with Gasteiger partial charge in [-0.25, -0.2) is 0 Å². The smallest absolute Gasteiger partial charge is 0.239 e. The minimum absolute atomic E-state index is 0.0494. The third kappa shape index (κ3) is 4.43. The zero-order valence-corrected chi connectivity index (χ0v) is 14.8. The molecule has 3 aromatic rings. The Hall–Kier alpha value is -2.18. The lowest BCUT2D eigenvalue weighted by Crippen LogP contribution is -2.22. The van der Waals surface area contributed by atoms with Crippen molar-refractivity contribution in [3.8, 4) is 10.6 Å². The van der Waals surface area contributed by atoms with E-state index in [-0.39, 0.29) is 11.2 Å². The van der Waals surface area contributed by atoms with Gasteiger partial charge in [0.25, 0.3) is 0 Å². The van der Waals surface area contributed by atoms with Crippen LogP contribution >= 0.6 is 23.1 Å². The summed E-state index contributed by atoms with van der Waals surface area (Å²) in [5.41, 5.74) is 2.21. The van der Waals surface area contributed by atoms with E-state index in [9.17, 15) is 4.79 Å². The van der Waals surface area contributed by atoms with Gasteiger partial charge in [0.15, 0.2) is 0 Å². The van der Waals surface area contributed by atoms with E-state index in [0.717, 1.165) is 16.3 Å². The molecular weight excluding hydrogens is 338 g/mol. The maximum absolute atomic E-state index is 12.3. The summed E-state index contributed by atoms with van der Waals surface area (Å²) in [6.45, 7) is 1.90. The van der Waals surface area contributed by atoms with E-state index in [1.54, 1.807) is 11.8 Å². The molecule has 0 aliphatic rings. The predicted octanol–water partition coefficient (Wildman–Crippen LogP) is 4.47. The SMILES string of the molecule is C[C@H](SCc1ccccc1)C(=O)Nc1nnc(-c2ccccc2)s1. The molecule has 1 N–H and O–H groups in total. The van der Waals surface area contributed by atoms with Gasteiger partial charge in [-0.15, -0.1) is 22.0 Å². The van der Waals surface area contributed by atoms with Crippen molar-refractivity contribution in [3.05, 3.63) is 66.2 Å². The highest BCUT2D eigenvalue weighted by Gasteiger charge is 2.16. The Morgan fingerprint density at radius 2 is 1.75 bits per heavy atom. The Morgan fingerprint density at radius 1 is 1.08 bits per heavy atom. The third-order valence-electron chi connectivity index (χ3n) is 3.39. The fourth-order valence-electron chi connectivity index (χ4n) is 2.05. The van der Waals surface area contributed by atoms with Crippen molar-refractivity contribution < 1.29 is 4.79 Å². The predicted molar refractivity (Wildman–Crippen MR) is 101 cm³/mol. The van der Waals surface area contributed by atoms with Crippen molar-refractivity contribution in [1.29, 1.82) is 0 Å².